The number of ether oxygens (including phenoxy) is 2. The summed E-state index contributed by atoms with van der Waals surface area (Å²) in [5.74, 6) is -0.642. The van der Waals surface area contributed by atoms with E-state index in [2.05, 4.69) is 19.1 Å². The van der Waals surface area contributed by atoms with E-state index in [0.717, 1.165) is 6.42 Å². The summed E-state index contributed by atoms with van der Waals surface area (Å²) in [5.41, 5.74) is 0.148. The van der Waals surface area contributed by atoms with E-state index in [1.54, 1.807) is 6.08 Å². The molecule has 5 aliphatic rings. The molecule has 1 saturated heterocycles. The van der Waals surface area contributed by atoms with Gasteiger partial charge in [0.2, 0.25) is 0 Å². The van der Waals surface area contributed by atoms with Crippen molar-refractivity contribution in [1.82, 2.24) is 0 Å². The van der Waals surface area contributed by atoms with Crippen molar-refractivity contribution in [3.63, 3.8) is 0 Å². The predicted octanol–water partition coefficient (Wildman–Crippen LogP) is 1.96. The molecule has 2 heterocycles. The van der Waals surface area contributed by atoms with Crippen LogP contribution in [-0.4, -0.2) is 41.1 Å². The van der Waals surface area contributed by atoms with Gasteiger partial charge in [0.05, 0.1) is 11.7 Å². The molecule has 2 fully saturated rings. The number of Topliss-reactive ketones (excluding diaryl/α,β-unsaturated/α-hetero) is 1. The second-order valence-electron chi connectivity index (χ2n) is 8.51. The number of aliphatic hydroxyl groups excluding tert-OH is 1. The van der Waals surface area contributed by atoms with Gasteiger partial charge in [-0.2, -0.15) is 0 Å². The van der Waals surface area contributed by atoms with Crippen molar-refractivity contribution in [3.8, 4) is 0 Å². The van der Waals surface area contributed by atoms with Crippen LogP contribution in [0.25, 0.3) is 0 Å². The van der Waals surface area contributed by atoms with Crippen LogP contribution in [0.3, 0.4) is 0 Å². The van der Waals surface area contributed by atoms with Crippen LogP contribution in [0.4, 0.5) is 0 Å². The Bertz CT molecular complexity index is 702. The lowest BCUT2D eigenvalue weighted by molar-refractivity contribution is -0.153. The molecule has 5 rings (SSSR count). The average molecular weight is 374 g/mol. The van der Waals surface area contributed by atoms with Crippen molar-refractivity contribution < 1.29 is 29.0 Å². The number of hydrogen-bond donors (Lipinski definition) is 1. The number of rotatable bonds is 1. The van der Waals surface area contributed by atoms with Crippen molar-refractivity contribution in [2.75, 3.05) is 0 Å². The highest BCUT2D eigenvalue weighted by Crippen LogP contribution is 2.50. The molecule has 0 aromatic heterocycles. The minimum atomic E-state index is -0.625. The third kappa shape index (κ3) is 3.35. The third-order valence-corrected chi connectivity index (χ3v) is 6.60. The zero-order valence-corrected chi connectivity index (χ0v) is 15.7. The molecular weight excluding hydrogens is 348 g/mol. The van der Waals surface area contributed by atoms with Crippen LogP contribution in [-0.2, 0) is 23.9 Å². The zero-order valence-electron chi connectivity index (χ0n) is 15.7. The van der Waals surface area contributed by atoms with Gasteiger partial charge in [-0.25, -0.2) is 4.79 Å². The van der Waals surface area contributed by atoms with E-state index in [4.69, 9.17) is 9.47 Å². The summed E-state index contributed by atoms with van der Waals surface area (Å²) < 4.78 is 11.0. The first kappa shape index (κ1) is 18.4. The summed E-state index contributed by atoms with van der Waals surface area (Å²) >= 11 is 0. The molecule has 0 radical (unpaired) electrons. The van der Waals surface area contributed by atoms with E-state index in [0.29, 0.717) is 12.8 Å². The molecule has 2 bridgehead atoms. The van der Waals surface area contributed by atoms with Gasteiger partial charge in [-0.05, 0) is 36.5 Å². The number of carbonyl (C=O) groups excluding carboxylic acids is 3. The van der Waals surface area contributed by atoms with Crippen LogP contribution in [0.5, 0.6) is 0 Å². The van der Waals surface area contributed by atoms with Gasteiger partial charge >= 0.3 is 11.9 Å². The van der Waals surface area contributed by atoms with E-state index < -0.39 is 18.2 Å². The number of fused-ring (bicyclic) bond motifs is 5. The van der Waals surface area contributed by atoms with Crippen LogP contribution < -0.4 is 0 Å². The first-order chi connectivity index (χ1) is 12.8. The van der Waals surface area contributed by atoms with E-state index in [1.807, 2.05) is 0 Å². The molecule has 6 heteroatoms. The zero-order chi connectivity index (χ0) is 19.3. The summed E-state index contributed by atoms with van der Waals surface area (Å²) in [7, 11) is 0. The van der Waals surface area contributed by atoms with Gasteiger partial charge in [-0.1, -0.05) is 25.2 Å². The van der Waals surface area contributed by atoms with Crippen LogP contribution in [0.2, 0.25) is 0 Å². The Balaban J connectivity index is 1.72. The first-order valence-corrected chi connectivity index (χ1v) is 9.83. The van der Waals surface area contributed by atoms with Crippen molar-refractivity contribution in [1.29, 1.82) is 0 Å². The maximum Gasteiger partial charge on any atom is 0.341 e. The Labute approximate surface area is 158 Å². The Morgan fingerprint density at radius 3 is 2.67 bits per heavy atom. The highest BCUT2D eigenvalue weighted by molar-refractivity contribution is 6.18. The lowest BCUT2D eigenvalue weighted by Gasteiger charge is -2.38. The Morgan fingerprint density at radius 1 is 1.19 bits per heavy atom. The summed E-state index contributed by atoms with van der Waals surface area (Å²) in [6.07, 6.45) is 6.47. The van der Waals surface area contributed by atoms with E-state index in [1.165, 1.54) is 6.92 Å². The molecular formula is C21H26O6. The molecule has 0 aromatic carbocycles. The number of esters is 2. The molecule has 0 unspecified atom stereocenters. The summed E-state index contributed by atoms with van der Waals surface area (Å²) in [6.45, 7) is 3.49. The number of aliphatic hydroxyl groups is 1. The minimum Gasteiger partial charge on any atom is -0.462 e. The molecule has 1 N–H and O–H groups in total. The molecule has 146 valence electrons. The minimum absolute atomic E-state index is 0.0528. The van der Waals surface area contributed by atoms with Gasteiger partial charge in [0.15, 0.2) is 5.78 Å². The summed E-state index contributed by atoms with van der Waals surface area (Å²) in [4.78, 5) is 36.4. The van der Waals surface area contributed by atoms with Crippen LogP contribution in [0.15, 0.2) is 23.8 Å². The first-order valence-electron chi connectivity index (χ1n) is 9.83. The van der Waals surface area contributed by atoms with Gasteiger partial charge < -0.3 is 14.6 Å². The Kier molecular flexibility index (Phi) is 4.70. The van der Waals surface area contributed by atoms with Gasteiger partial charge in [-0.15, -0.1) is 0 Å². The van der Waals surface area contributed by atoms with Crippen LogP contribution >= 0.6 is 0 Å². The number of hydrogen-bond acceptors (Lipinski definition) is 6. The molecule has 0 spiro atoms. The second kappa shape index (κ2) is 6.89. The SMILES string of the molecule is CC(=O)O[C@H]1[C@@H]2C=C[C@H]3C[C@H](O)C[C@@H]4CC(=O)C(=C[C@H]3[C@@H]2C[C@H]1C)C(=O)O4. The second-order valence-corrected chi connectivity index (χ2v) is 8.51. The standard InChI is InChI=1S/C21H26O6/c1-10-5-17-15(20(10)26-11(2)22)4-3-12-6-13(23)7-14-8-19(24)18(9-16(12)17)21(25)27-14/h3-4,9-10,12-17,20,23H,5-8H2,1-2H3/t10-,12+,13+,14-,15-,16-,17-,20-/m1/s1. The Morgan fingerprint density at radius 2 is 1.96 bits per heavy atom. The highest BCUT2D eigenvalue weighted by Gasteiger charge is 2.49. The normalized spacial score (nSPS) is 43.4. The fraction of sp³-hybridized carbons (Fsp3) is 0.667. The smallest absolute Gasteiger partial charge is 0.341 e. The van der Waals surface area contributed by atoms with Crippen molar-refractivity contribution >= 4 is 17.7 Å². The Hall–Kier alpha value is -1.95. The van der Waals surface area contributed by atoms with Crippen molar-refractivity contribution in [3.05, 3.63) is 23.8 Å². The average Bonchev–Trinajstić information content (AvgIpc) is 2.87. The predicted molar refractivity (Wildman–Crippen MR) is 95.3 cm³/mol. The molecule has 8 atom stereocenters. The summed E-state index contributed by atoms with van der Waals surface area (Å²) in [5, 5.41) is 10.5. The third-order valence-electron chi connectivity index (χ3n) is 6.60. The van der Waals surface area contributed by atoms with Crippen LogP contribution in [0.1, 0.15) is 39.5 Å². The molecule has 0 aromatic rings. The van der Waals surface area contributed by atoms with Gasteiger partial charge in [-0.3, -0.25) is 9.59 Å². The highest BCUT2D eigenvalue weighted by atomic mass is 16.5. The topological polar surface area (TPSA) is 89.9 Å². The quantitative estimate of drug-likeness (QED) is 0.429. The van der Waals surface area contributed by atoms with E-state index in [9.17, 15) is 19.5 Å². The maximum atomic E-state index is 12.5. The van der Waals surface area contributed by atoms with E-state index in [-0.39, 0.29) is 59.4 Å². The number of carbonyl (C=O) groups is 3. The molecule has 1 saturated carbocycles. The monoisotopic (exact) mass is 374 g/mol. The van der Waals surface area contributed by atoms with Gasteiger partial charge in [0, 0.05) is 25.7 Å². The lowest BCUT2D eigenvalue weighted by Crippen LogP contribution is -2.40. The van der Waals surface area contributed by atoms with Crippen molar-refractivity contribution in [2.45, 2.75) is 57.8 Å². The molecule has 2 aliphatic heterocycles. The van der Waals surface area contributed by atoms with Crippen molar-refractivity contribution in [2.24, 2.45) is 29.6 Å². The molecule has 0 amide bonds. The van der Waals surface area contributed by atoms with Gasteiger partial charge in [0.1, 0.15) is 12.2 Å². The summed E-state index contributed by atoms with van der Waals surface area (Å²) in [6, 6.07) is 0. The number of ketones is 1. The fourth-order valence-corrected chi connectivity index (χ4v) is 5.48. The van der Waals surface area contributed by atoms with E-state index >= 15 is 0 Å². The van der Waals surface area contributed by atoms with Crippen LogP contribution in [0, 0.1) is 29.6 Å². The molecule has 6 nitrogen and oxygen atoms in total. The van der Waals surface area contributed by atoms with Gasteiger partial charge in [0.25, 0.3) is 0 Å². The largest absolute Gasteiger partial charge is 0.462 e. The maximum absolute atomic E-state index is 12.5. The lowest BCUT2D eigenvalue weighted by atomic mass is 9.68. The fourth-order valence-electron chi connectivity index (χ4n) is 5.48. The number of allylic oxidation sites excluding steroid dienone is 2. The molecule has 27 heavy (non-hydrogen) atoms. The molecule has 3 aliphatic carbocycles.